The molecule has 0 spiro atoms. The molecule has 0 aliphatic heterocycles. The molecule has 0 unspecified atom stereocenters. The van der Waals surface area contributed by atoms with Gasteiger partial charge in [0.1, 0.15) is 0 Å². The summed E-state index contributed by atoms with van der Waals surface area (Å²) in [6.45, 7) is 0.886. The van der Waals surface area contributed by atoms with Crippen molar-refractivity contribution in [3.63, 3.8) is 0 Å². The van der Waals surface area contributed by atoms with E-state index >= 15 is 0 Å². The van der Waals surface area contributed by atoms with Crippen LogP contribution in [0.2, 0.25) is 0 Å². The van der Waals surface area contributed by atoms with Crippen LogP contribution in [-0.4, -0.2) is 14.5 Å². The van der Waals surface area contributed by atoms with Crippen LogP contribution < -0.4 is 5.69 Å². The first kappa shape index (κ1) is 12.5. The molecule has 0 aromatic carbocycles. The van der Waals surface area contributed by atoms with Crippen molar-refractivity contribution in [2.45, 2.75) is 57.5 Å². The number of alkyl halides is 1. The molecular formula is C14H21BrN2O. The quantitative estimate of drug-likeness (QED) is 0.783. The van der Waals surface area contributed by atoms with E-state index in [0.29, 0.717) is 11.5 Å². The minimum absolute atomic E-state index is 0.198. The second-order valence-corrected chi connectivity index (χ2v) is 6.60. The van der Waals surface area contributed by atoms with Gasteiger partial charge in [0.15, 0.2) is 0 Å². The number of imidazole rings is 1. The molecular weight excluding hydrogens is 292 g/mol. The SMILES string of the molecule is O=c1n(CC2(CBr)CCCCC2)ccn1C1CC1. The lowest BCUT2D eigenvalue weighted by Crippen LogP contribution is -2.35. The Morgan fingerprint density at radius 1 is 1.22 bits per heavy atom. The summed E-state index contributed by atoms with van der Waals surface area (Å²) < 4.78 is 3.86. The third kappa shape index (κ3) is 2.31. The van der Waals surface area contributed by atoms with Crippen LogP contribution in [0.25, 0.3) is 0 Å². The lowest BCUT2D eigenvalue weighted by Gasteiger charge is -2.35. The summed E-state index contributed by atoms with van der Waals surface area (Å²) in [5.74, 6) is 0. The molecule has 1 heterocycles. The van der Waals surface area contributed by atoms with Crippen LogP contribution in [0.5, 0.6) is 0 Å². The molecule has 2 aliphatic carbocycles. The van der Waals surface area contributed by atoms with Crippen molar-refractivity contribution < 1.29 is 0 Å². The first-order valence-electron chi connectivity index (χ1n) is 7.07. The van der Waals surface area contributed by atoms with Gasteiger partial charge in [-0.2, -0.15) is 0 Å². The van der Waals surface area contributed by atoms with E-state index < -0.39 is 0 Å². The molecule has 100 valence electrons. The van der Waals surface area contributed by atoms with Crippen LogP contribution in [0.1, 0.15) is 51.0 Å². The highest BCUT2D eigenvalue weighted by Crippen LogP contribution is 2.39. The Hall–Kier alpha value is -0.510. The van der Waals surface area contributed by atoms with Crippen LogP contribution in [0.15, 0.2) is 17.2 Å². The number of hydrogen-bond acceptors (Lipinski definition) is 1. The van der Waals surface area contributed by atoms with E-state index in [9.17, 15) is 4.79 Å². The zero-order valence-electron chi connectivity index (χ0n) is 10.8. The largest absolute Gasteiger partial charge is 0.328 e. The van der Waals surface area contributed by atoms with Crippen molar-refractivity contribution in [1.82, 2.24) is 9.13 Å². The van der Waals surface area contributed by atoms with Gasteiger partial charge in [0.2, 0.25) is 0 Å². The predicted octanol–water partition coefficient (Wildman–Crippen LogP) is 3.33. The second kappa shape index (κ2) is 4.87. The average molecular weight is 313 g/mol. The molecule has 3 rings (SSSR count). The van der Waals surface area contributed by atoms with Gasteiger partial charge in [-0.05, 0) is 31.1 Å². The highest BCUT2D eigenvalue weighted by Gasteiger charge is 2.33. The third-order valence-electron chi connectivity index (χ3n) is 4.52. The van der Waals surface area contributed by atoms with Crippen molar-refractivity contribution in [3.05, 3.63) is 22.9 Å². The molecule has 0 amide bonds. The molecule has 0 radical (unpaired) electrons. The van der Waals surface area contributed by atoms with Gasteiger partial charge < -0.3 is 0 Å². The highest BCUT2D eigenvalue weighted by molar-refractivity contribution is 9.09. The molecule has 0 saturated heterocycles. The summed E-state index contributed by atoms with van der Waals surface area (Å²) >= 11 is 3.68. The molecule has 0 atom stereocenters. The zero-order chi connectivity index (χ0) is 12.6. The van der Waals surface area contributed by atoms with Crippen LogP contribution in [0, 0.1) is 5.41 Å². The topological polar surface area (TPSA) is 26.9 Å². The molecule has 2 saturated carbocycles. The van der Waals surface area contributed by atoms with E-state index in [4.69, 9.17) is 0 Å². The molecule has 1 aromatic rings. The Kier molecular flexibility index (Phi) is 3.39. The lowest BCUT2D eigenvalue weighted by atomic mass is 9.75. The number of nitrogens with zero attached hydrogens (tertiary/aromatic N) is 2. The fourth-order valence-corrected chi connectivity index (χ4v) is 3.91. The number of halogens is 1. The Bertz CT molecular complexity index is 466. The Labute approximate surface area is 116 Å². The van der Waals surface area contributed by atoms with Crippen molar-refractivity contribution in [2.24, 2.45) is 5.41 Å². The Morgan fingerprint density at radius 3 is 2.56 bits per heavy atom. The lowest BCUT2D eigenvalue weighted by molar-refractivity contribution is 0.188. The minimum Gasteiger partial charge on any atom is -0.299 e. The van der Waals surface area contributed by atoms with Gasteiger partial charge in [-0.1, -0.05) is 35.2 Å². The third-order valence-corrected chi connectivity index (χ3v) is 5.71. The van der Waals surface area contributed by atoms with E-state index in [2.05, 4.69) is 15.9 Å². The van der Waals surface area contributed by atoms with Crippen LogP contribution in [0.4, 0.5) is 0 Å². The summed E-state index contributed by atoms with van der Waals surface area (Å²) in [5, 5.41) is 1.01. The number of aromatic nitrogens is 2. The summed E-state index contributed by atoms with van der Waals surface area (Å²) in [7, 11) is 0. The van der Waals surface area contributed by atoms with Crippen LogP contribution >= 0.6 is 15.9 Å². The molecule has 1 aromatic heterocycles. The van der Waals surface area contributed by atoms with E-state index in [0.717, 1.165) is 11.9 Å². The molecule has 2 aliphatic rings. The van der Waals surface area contributed by atoms with Gasteiger partial charge in [0.25, 0.3) is 0 Å². The van der Waals surface area contributed by atoms with Gasteiger partial charge in [-0.3, -0.25) is 9.13 Å². The van der Waals surface area contributed by atoms with Crippen molar-refractivity contribution >= 4 is 15.9 Å². The van der Waals surface area contributed by atoms with Gasteiger partial charge in [-0.15, -0.1) is 0 Å². The molecule has 3 nitrogen and oxygen atoms in total. The van der Waals surface area contributed by atoms with Crippen molar-refractivity contribution in [1.29, 1.82) is 0 Å². The van der Waals surface area contributed by atoms with E-state index in [1.807, 2.05) is 21.5 Å². The Balaban J connectivity index is 1.80. The van der Waals surface area contributed by atoms with Gasteiger partial charge in [0, 0.05) is 30.3 Å². The molecule has 18 heavy (non-hydrogen) atoms. The van der Waals surface area contributed by atoms with Crippen molar-refractivity contribution in [2.75, 3.05) is 5.33 Å². The minimum atomic E-state index is 0.198. The van der Waals surface area contributed by atoms with Gasteiger partial charge >= 0.3 is 5.69 Å². The molecule has 2 fully saturated rings. The highest BCUT2D eigenvalue weighted by atomic mass is 79.9. The number of rotatable bonds is 4. The van der Waals surface area contributed by atoms with E-state index in [-0.39, 0.29) is 5.69 Å². The summed E-state index contributed by atoms with van der Waals surface area (Å²) in [5.41, 5.74) is 0.501. The maximum Gasteiger partial charge on any atom is 0.328 e. The van der Waals surface area contributed by atoms with Crippen LogP contribution in [0.3, 0.4) is 0 Å². The van der Waals surface area contributed by atoms with Gasteiger partial charge in [0.05, 0.1) is 0 Å². The summed E-state index contributed by atoms with van der Waals surface area (Å²) in [4.78, 5) is 12.3. The maximum atomic E-state index is 12.3. The fourth-order valence-electron chi connectivity index (χ4n) is 3.18. The fraction of sp³-hybridized carbons (Fsp3) is 0.786. The summed E-state index contributed by atoms with van der Waals surface area (Å²) in [6, 6.07) is 0.491. The first-order valence-corrected chi connectivity index (χ1v) is 8.19. The van der Waals surface area contributed by atoms with E-state index in [1.165, 1.54) is 44.9 Å². The molecule has 0 bridgehead atoms. The molecule has 4 heteroatoms. The van der Waals surface area contributed by atoms with Crippen molar-refractivity contribution in [3.8, 4) is 0 Å². The first-order chi connectivity index (χ1) is 8.74. The monoisotopic (exact) mass is 312 g/mol. The predicted molar refractivity (Wildman–Crippen MR) is 76.3 cm³/mol. The second-order valence-electron chi connectivity index (χ2n) is 6.04. The normalized spacial score (nSPS) is 23.2. The smallest absolute Gasteiger partial charge is 0.299 e. The molecule has 0 N–H and O–H groups in total. The summed E-state index contributed by atoms with van der Waals surface area (Å²) in [6.07, 6.45) is 12.8. The van der Waals surface area contributed by atoms with Gasteiger partial charge in [-0.25, -0.2) is 4.79 Å². The average Bonchev–Trinajstić information content (AvgIpc) is 3.18. The standard InChI is InChI=1S/C14H21BrN2O/c15-10-14(6-2-1-3-7-14)11-16-8-9-17(13(16)18)12-4-5-12/h8-9,12H,1-7,10-11H2. The van der Waals surface area contributed by atoms with E-state index in [1.54, 1.807) is 0 Å². The zero-order valence-corrected chi connectivity index (χ0v) is 12.4. The van der Waals surface area contributed by atoms with Crippen LogP contribution in [-0.2, 0) is 6.54 Å². The maximum absolute atomic E-state index is 12.3. The Morgan fingerprint density at radius 2 is 1.94 bits per heavy atom. The number of hydrogen-bond donors (Lipinski definition) is 0.